The summed E-state index contributed by atoms with van der Waals surface area (Å²) < 4.78 is 13.9. The second-order valence-electron chi connectivity index (χ2n) is 9.24. The topological polar surface area (TPSA) is 18.5 Å². The normalized spacial score (nSPS) is 22.7. The summed E-state index contributed by atoms with van der Waals surface area (Å²) in [5.74, 6) is 2.18. The lowest BCUT2D eigenvalue weighted by Crippen LogP contribution is -2.65. The van der Waals surface area contributed by atoms with Crippen molar-refractivity contribution in [1.29, 1.82) is 0 Å². The van der Waals surface area contributed by atoms with Crippen LogP contribution in [0.3, 0.4) is 0 Å². The number of hydrogen-bond acceptors (Lipinski definition) is 2. The van der Waals surface area contributed by atoms with E-state index >= 15 is 0 Å². The van der Waals surface area contributed by atoms with E-state index < -0.39 is 8.56 Å². The van der Waals surface area contributed by atoms with E-state index in [-0.39, 0.29) is 6.10 Å². The van der Waals surface area contributed by atoms with Crippen molar-refractivity contribution in [2.75, 3.05) is 6.61 Å². The van der Waals surface area contributed by atoms with Crippen LogP contribution in [0.1, 0.15) is 59.8 Å². The Morgan fingerprint density at radius 2 is 1.45 bits per heavy atom. The molecule has 3 atom stereocenters. The fraction of sp³-hybridized carbons (Fsp3) is 0.538. The van der Waals surface area contributed by atoms with E-state index in [1.165, 1.54) is 23.2 Å². The zero-order chi connectivity index (χ0) is 20.7. The van der Waals surface area contributed by atoms with Gasteiger partial charge in [-0.15, -0.1) is 0 Å². The third-order valence-corrected chi connectivity index (χ3v) is 9.88. The first-order chi connectivity index (χ1) is 14.0. The van der Waals surface area contributed by atoms with E-state index in [9.17, 15) is 0 Å². The largest absolute Gasteiger partial charge is 0.407 e. The highest BCUT2D eigenvalue weighted by molar-refractivity contribution is 6.92. The SMILES string of the molecule is CC(C)CCCO[Si](OC1CCC(C)C(C)C1)(c1ccccc1)c1ccccc1. The lowest BCUT2D eigenvalue weighted by molar-refractivity contribution is 0.0658. The molecule has 29 heavy (non-hydrogen) atoms. The second kappa shape index (κ2) is 10.6. The minimum Gasteiger partial charge on any atom is -0.388 e. The van der Waals surface area contributed by atoms with Gasteiger partial charge < -0.3 is 8.85 Å². The van der Waals surface area contributed by atoms with Crippen LogP contribution in [0.5, 0.6) is 0 Å². The number of rotatable bonds is 9. The van der Waals surface area contributed by atoms with Gasteiger partial charge in [0, 0.05) is 12.7 Å². The first-order valence-corrected chi connectivity index (χ1v) is 13.3. The minimum atomic E-state index is -2.76. The van der Waals surface area contributed by atoms with E-state index in [1.54, 1.807) is 0 Å². The van der Waals surface area contributed by atoms with Crippen LogP contribution in [0.25, 0.3) is 0 Å². The summed E-state index contributed by atoms with van der Waals surface area (Å²) in [6.45, 7) is 10.1. The molecule has 0 bridgehead atoms. The predicted octanol–water partition coefficient (Wildman–Crippen LogP) is 5.54. The van der Waals surface area contributed by atoms with Gasteiger partial charge in [0.1, 0.15) is 0 Å². The monoisotopic (exact) mass is 410 g/mol. The molecule has 0 amide bonds. The van der Waals surface area contributed by atoms with Gasteiger partial charge in [0.25, 0.3) is 0 Å². The van der Waals surface area contributed by atoms with Gasteiger partial charge in [0.05, 0.1) is 0 Å². The summed E-state index contributed by atoms with van der Waals surface area (Å²) in [5, 5.41) is 2.45. The molecule has 0 radical (unpaired) electrons. The van der Waals surface area contributed by atoms with Gasteiger partial charge in [0.15, 0.2) is 0 Å². The van der Waals surface area contributed by atoms with Crippen LogP contribution in [0, 0.1) is 17.8 Å². The van der Waals surface area contributed by atoms with Crippen LogP contribution in [-0.4, -0.2) is 21.3 Å². The molecule has 0 aliphatic heterocycles. The molecule has 158 valence electrons. The molecule has 3 heteroatoms. The Kier molecular flexibility index (Phi) is 8.11. The van der Waals surface area contributed by atoms with E-state index in [0.717, 1.165) is 31.8 Å². The van der Waals surface area contributed by atoms with Crippen LogP contribution in [-0.2, 0) is 8.85 Å². The summed E-state index contributed by atoms with van der Waals surface area (Å²) in [7, 11) is -2.76. The summed E-state index contributed by atoms with van der Waals surface area (Å²) in [6.07, 6.45) is 6.05. The number of benzene rings is 2. The average molecular weight is 411 g/mol. The first kappa shape index (κ1) is 22.3. The van der Waals surface area contributed by atoms with Gasteiger partial charge >= 0.3 is 8.56 Å². The maximum Gasteiger partial charge on any atom is 0.407 e. The zero-order valence-electron chi connectivity index (χ0n) is 18.6. The van der Waals surface area contributed by atoms with Crippen molar-refractivity contribution in [3.05, 3.63) is 60.7 Å². The van der Waals surface area contributed by atoms with Gasteiger partial charge in [0.2, 0.25) is 0 Å². The van der Waals surface area contributed by atoms with Crippen molar-refractivity contribution in [2.45, 2.75) is 65.9 Å². The third-order valence-electron chi connectivity index (χ3n) is 6.42. The average Bonchev–Trinajstić information content (AvgIpc) is 2.74. The van der Waals surface area contributed by atoms with Gasteiger partial charge in [-0.05, 0) is 60.2 Å². The molecule has 0 N–H and O–H groups in total. The Bertz CT molecular complexity index is 677. The van der Waals surface area contributed by atoms with E-state index in [2.05, 4.69) is 88.4 Å². The molecule has 3 rings (SSSR count). The fourth-order valence-electron chi connectivity index (χ4n) is 4.37. The molecule has 1 saturated carbocycles. The van der Waals surface area contributed by atoms with E-state index in [0.29, 0.717) is 11.8 Å². The molecular formula is C26H38O2Si. The van der Waals surface area contributed by atoms with Gasteiger partial charge in [-0.25, -0.2) is 0 Å². The Morgan fingerprint density at radius 1 is 0.862 bits per heavy atom. The van der Waals surface area contributed by atoms with Gasteiger partial charge in [-0.1, -0.05) is 88.4 Å². The minimum absolute atomic E-state index is 0.276. The Labute approximate surface area is 178 Å². The van der Waals surface area contributed by atoms with E-state index in [4.69, 9.17) is 8.85 Å². The maximum atomic E-state index is 7.09. The molecule has 3 unspecified atom stereocenters. The van der Waals surface area contributed by atoms with Crippen LogP contribution in [0.4, 0.5) is 0 Å². The quantitative estimate of drug-likeness (QED) is 0.399. The molecule has 2 aromatic carbocycles. The van der Waals surface area contributed by atoms with Crippen molar-refractivity contribution < 1.29 is 8.85 Å². The fourth-order valence-corrected chi connectivity index (χ4v) is 7.75. The summed E-state index contributed by atoms with van der Waals surface area (Å²) in [4.78, 5) is 0. The molecule has 2 nitrogen and oxygen atoms in total. The van der Waals surface area contributed by atoms with Crippen molar-refractivity contribution in [3.63, 3.8) is 0 Å². The first-order valence-electron chi connectivity index (χ1n) is 11.4. The predicted molar refractivity (Wildman–Crippen MR) is 125 cm³/mol. The molecule has 1 aliphatic rings. The zero-order valence-corrected chi connectivity index (χ0v) is 19.6. The third kappa shape index (κ3) is 5.81. The smallest absolute Gasteiger partial charge is 0.388 e. The highest BCUT2D eigenvalue weighted by Crippen LogP contribution is 2.32. The van der Waals surface area contributed by atoms with Crippen LogP contribution < -0.4 is 10.4 Å². The van der Waals surface area contributed by atoms with E-state index in [1.807, 2.05) is 0 Å². The molecule has 0 heterocycles. The summed E-state index contributed by atoms with van der Waals surface area (Å²) in [6, 6.07) is 21.4. The van der Waals surface area contributed by atoms with Crippen molar-refractivity contribution >= 4 is 18.9 Å². The van der Waals surface area contributed by atoms with Crippen molar-refractivity contribution in [2.24, 2.45) is 17.8 Å². The highest BCUT2D eigenvalue weighted by Gasteiger charge is 2.45. The number of hydrogen-bond donors (Lipinski definition) is 0. The van der Waals surface area contributed by atoms with Crippen molar-refractivity contribution in [3.8, 4) is 0 Å². The Morgan fingerprint density at radius 3 is 1.97 bits per heavy atom. The maximum absolute atomic E-state index is 7.09. The Hall–Kier alpha value is -1.42. The molecule has 0 aromatic heterocycles. The lowest BCUT2D eigenvalue weighted by atomic mass is 9.80. The van der Waals surface area contributed by atoms with Crippen molar-refractivity contribution in [1.82, 2.24) is 0 Å². The molecular weight excluding hydrogens is 372 g/mol. The Balaban J connectivity index is 1.93. The summed E-state index contributed by atoms with van der Waals surface area (Å²) >= 11 is 0. The van der Waals surface area contributed by atoms with Crippen LogP contribution in [0.15, 0.2) is 60.7 Å². The lowest BCUT2D eigenvalue weighted by Gasteiger charge is -2.39. The standard InChI is InChI=1S/C26H38O2Si/c1-21(2)12-11-19-27-29(25-13-7-5-8-14-25,26-15-9-6-10-16-26)28-24-18-17-22(3)23(4)20-24/h5-10,13-16,21-24H,11-12,17-20H2,1-4H3. The van der Waals surface area contributed by atoms with Crippen LogP contribution in [0.2, 0.25) is 0 Å². The second-order valence-corrected chi connectivity index (χ2v) is 12.2. The van der Waals surface area contributed by atoms with Gasteiger partial charge in [-0.2, -0.15) is 0 Å². The molecule has 0 saturated heterocycles. The molecule has 2 aromatic rings. The highest BCUT2D eigenvalue weighted by atomic mass is 28.4. The van der Waals surface area contributed by atoms with Crippen LogP contribution >= 0.6 is 0 Å². The summed E-state index contributed by atoms with van der Waals surface area (Å²) in [5.41, 5.74) is 0. The molecule has 1 aliphatic carbocycles. The molecule has 1 fully saturated rings. The molecule has 0 spiro atoms. The van der Waals surface area contributed by atoms with Gasteiger partial charge in [-0.3, -0.25) is 0 Å².